The fourth-order valence-electron chi connectivity index (χ4n) is 2.82. The first kappa shape index (κ1) is 9.67. The summed E-state index contributed by atoms with van der Waals surface area (Å²) in [6, 6.07) is 7.94. The van der Waals surface area contributed by atoms with E-state index in [9.17, 15) is 0 Å². The van der Waals surface area contributed by atoms with Crippen LogP contribution in [0.1, 0.15) is 12.5 Å². The minimum absolute atomic E-state index is 0.610. The first-order valence-corrected chi connectivity index (χ1v) is 6.32. The van der Waals surface area contributed by atoms with E-state index in [0.29, 0.717) is 12.1 Å². The molecule has 1 unspecified atom stereocenters. The zero-order valence-electron chi connectivity index (χ0n) is 8.83. The van der Waals surface area contributed by atoms with Gasteiger partial charge in [-0.1, -0.05) is 22.0 Å². The average molecular weight is 267 g/mol. The molecule has 0 bridgehead atoms. The highest BCUT2D eigenvalue weighted by Gasteiger charge is 2.34. The topological polar surface area (TPSA) is 15.3 Å². The smallest absolute Gasteiger partial charge is 0.0459 e. The fourth-order valence-corrected chi connectivity index (χ4v) is 3.17. The minimum atomic E-state index is 0.610. The zero-order valence-corrected chi connectivity index (χ0v) is 10.4. The van der Waals surface area contributed by atoms with Gasteiger partial charge in [0.1, 0.15) is 0 Å². The van der Waals surface area contributed by atoms with Gasteiger partial charge in [-0.15, -0.1) is 0 Å². The maximum absolute atomic E-state index is 3.56. The molecular formula is C12H15BrN2. The minimum Gasteiger partial charge on any atom is -0.363 e. The van der Waals surface area contributed by atoms with Crippen molar-refractivity contribution in [3.05, 3.63) is 28.2 Å². The lowest BCUT2D eigenvalue weighted by atomic mass is 10.1. The number of hydrogen-bond acceptors (Lipinski definition) is 2. The highest BCUT2D eigenvalue weighted by atomic mass is 79.9. The van der Waals surface area contributed by atoms with E-state index in [1.807, 2.05) is 0 Å². The molecule has 0 saturated carbocycles. The number of fused-ring (bicyclic) bond motifs is 3. The molecule has 1 aromatic carbocycles. The van der Waals surface area contributed by atoms with Crippen molar-refractivity contribution in [3.8, 4) is 0 Å². The normalized spacial score (nSPS) is 28.8. The lowest BCUT2D eigenvalue weighted by Gasteiger charge is -2.38. The van der Waals surface area contributed by atoms with Gasteiger partial charge in [-0.3, -0.25) is 0 Å². The summed E-state index contributed by atoms with van der Waals surface area (Å²) in [7, 11) is 0. The Hall–Kier alpha value is -0.540. The summed E-state index contributed by atoms with van der Waals surface area (Å²) >= 11 is 3.56. The summed E-state index contributed by atoms with van der Waals surface area (Å²) in [5.41, 5.74) is 2.93. The zero-order chi connectivity index (χ0) is 10.4. The summed E-state index contributed by atoms with van der Waals surface area (Å²) in [5, 5.41) is 3.50. The van der Waals surface area contributed by atoms with Crippen molar-refractivity contribution in [2.75, 3.05) is 18.0 Å². The van der Waals surface area contributed by atoms with E-state index in [1.54, 1.807) is 0 Å². The van der Waals surface area contributed by atoms with Gasteiger partial charge >= 0.3 is 0 Å². The molecule has 3 heteroatoms. The van der Waals surface area contributed by atoms with Gasteiger partial charge in [0, 0.05) is 35.3 Å². The molecule has 0 aromatic heterocycles. The molecule has 1 aromatic rings. The average Bonchev–Trinajstić information content (AvgIpc) is 2.57. The Balaban J connectivity index is 2.04. The van der Waals surface area contributed by atoms with E-state index >= 15 is 0 Å². The standard InChI is InChI=1S/C12H15BrN2/c1-8-6-14-7-11-4-9-2-3-10(13)5-12(9)15(8)11/h2-3,5,8,11,14H,4,6-7H2,1H3/t8?,11-/m1/s1. The highest BCUT2D eigenvalue weighted by molar-refractivity contribution is 9.10. The molecule has 2 heterocycles. The van der Waals surface area contributed by atoms with Crippen LogP contribution in [-0.2, 0) is 6.42 Å². The van der Waals surface area contributed by atoms with Crippen molar-refractivity contribution in [1.82, 2.24) is 5.32 Å². The number of rotatable bonds is 0. The van der Waals surface area contributed by atoms with Crippen molar-refractivity contribution in [2.45, 2.75) is 25.4 Å². The van der Waals surface area contributed by atoms with Crippen LogP contribution in [0.2, 0.25) is 0 Å². The number of nitrogens with one attached hydrogen (secondary N) is 1. The second-order valence-corrected chi connectivity index (χ2v) is 5.46. The highest BCUT2D eigenvalue weighted by Crippen LogP contribution is 2.36. The van der Waals surface area contributed by atoms with Crippen LogP contribution < -0.4 is 10.2 Å². The van der Waals surface area contributed by atoms with Gasteiger partial charge in [-0.05, 0) is 31.0 Å². The molecule has 1 N–H and O–H groups in total. The summed E-state index contributed by atoms with van der Waals surface area (Å²) in [5.74, 6) is 0. The number of benzene rings is 1. The van der Waals surface area contributed by atoms with Crippen LogP contribution in [0.5, 0.6) is 0 Å². The number of halogens is 1. The van der Waals surface area contributed by atoms with Crippen LogP contribution in [0.15, 0.2) is 22.7 Å². The van der Waals surface area contributed by atoms with Crippen molar-refractivity contribution >= 4 is 21.6 Å². The molecule has 0 radical (unpaired) electrons. The van der Waals surface area contributed by atoms with Crippen molar-refractivity contribution in [1.29, 1.82) is 0 Å². The molecule has 15 heavy (non-hydrogen) atoms. The summed E-state index contributed by atoms with van der Waals surface area (Å²) in [4.78, 5) is 2.58. The van der Waals surface area contributed by atoms with Gasteiger partial charge in [0.2, 0.25) is 0 Å². The van der Waals surface area contributed by atoms with Crippen molar-refractivity contribution in [3.63, 3.8) is 0 Å². The number of anilines is 1. The van der Waals surface area contributed by atoms with Crippen molar-refractivity contribution in [2.24, 2.45) is 0 Å². The van der Waals surface area contributed by atoms with Crippen LogP contribution in [0.25, 0.3) is 0 Å². The molecule has 0 spiro atoms. The van der Waals surface area contributed by atoms with E-state index in [1.165, 1.54) is 22.1 Å². The third-order valence-corrected chi connectivity index (χ3v) is 3.96. The lowest BCUT2D eigenvalue weighted by molar-refractivity contribution is 0.430. The monoisotopic (exact) mass is 266 g/mol. The molecule has 80 valence electrons. The Kier molecular flexibility index (Phi) is 2.25. The Morgan fingerprint density at radius 2 is 2.27 bits per heavy atom. The van der Waals surface area contributed by atoms with Crippen LogP contribution in [0, 0.1) is 0 Å². The van der Waals surface area contributed by atoms with Gasteiger partial charge in [-0.2, -0.15) is 0 Å². The van der Waals surface area contributed by atoms with Crippen molar-refractivity contribution < 1.29 is 0 Å². The Morgan fingerprint density at radius 1 is 1.40 bits per heavy atom. The molecular weight excluding hydrogens is 252 g/mol. The third kappa shape index (κ3) is 1.49. The second-order valence-electron chi connectivity index (χ2n) is 4.55. The van der Waals surface area contributed by atoms with Gasteiger partial charge < -0.3 is 10.2 Å². The van der Waals surface area contributed by atoms with E-state index in [4.69, 9.17) is 0 Å². The van der Waals surface area contributed by atoms with Crippen LogP contribution >= 0.6 is 15.9 Å². The second kappa shape index (κ2) is 3.49. The third-order valence-electron chi connectivity index (χ3n) is 3.47. The van der Waals surface area contributed by atoms with E-state index in [0.717, 1.165) is 13.1 Å². The summed E-state index contributed by atoms with van der Waals surface area (Å²) in [6.07, 6.45) is 1.19. The van der Waals surface area contributed by atoms with Crippen LogP contribution in [0.3, 0.4) is 0 Å². The first-order valence-electron chi connectivity index (χ1n) is 5.53. The molecule has 2 nitrogen and oxygen atoms in total. The maximum atomic E-state index is 3.56. The number of hydrogen-bond donors (Lipinski definition) is 1. The predicted molar refractivity (Wildman–Crippen MR) is 66.4 cm³/mol. The Labute approximate surface area is 98.8 Å². The summed E-state index contributed by atoms with van der Waals surface area (Å²) < 4.78 is 1.19. The SMILES string of the molecule is CC1CNC[C@H]2Cc3ccc(Br)cc3N12. The summed E-state index contributed by atoms with van der Waals surface area (Å²) in [6.45, 7) is 4.52. The molecule has 3 rings (SSSR count). The lowest BCUT2D eigenvalue weighted by Crippen LogP contribution is -2.54. The molecule has 0 amide bonds. The largest absolute Gasteiger partial charge is 0.363 e. The Morgan fingerprint density at radius 3 is 3.13 bits per heavy atom. The predicted octanol–water partition coefficient (Wildman–Crippen LogP) is 2.17. The van der Waals surface area contributed by atoms with E-state index in [2.05, 4.69) is 51.3 Å². The number of piperazine rings is 1. The maximum Gasteiger partial charge on any atom is 0.0459 e. The fraction of sp³-hybridized carbons (Fsp3) is 0.500. The first-order chi connectivity index (χ1) is 7.25. The van der Waals surface area contributed by atoms with E-state index < -0.39 is 0 Å². The van der Waals surface area contributed by atoms with Gasteiger partial charge in [0.25, 0.3) is 0 Å². The quantitative estimate of drug-likeness (QED) is 0.775. The molecule has 2 aliphatic heterocycles. The van der Waals surface area contributed by atoms with Gasteiger partial charge in [-0.25, -0.2) is 0 Å². The molecule has 2 atom stereocenters. The van der Waals surface area contributed by atoms with E-state index in [-0.39, 0.29) is 0 Å². The molecule has 1 fully saturated rings. The van der Waals surface area contributed by atoms with Crippen LogP contribution in [0.4, 0.5) is 5.69 Å². The molecule has 2 aliphatic rings. The number of nitrogens with zero attached hydrogens (tertiary/aromatic N) is 1. The van der Waals surface area contributed by atoms with Gasteiger partial charge in [0.15, 0.2) is 0 Å². The molecule has 0 aliphatic carbocycles. The van der Waals surface area contributed by atoms with Crippen LogP contribution in [-0.4, -0.2) is 25.2 Å². The Bertz CT molecular complexity index is 391. The molecule has 1 saturated heterocycles. The van der Waals surface area contributed by atoms with Gasteiger partial charge in [0.05, 0.1) is 0 Å².